The van der Waals surface area contributed by atoms with Gasteiger partial charge in [-0.25, -0.2) is 8.93 Å². The number of carbonyl (C=O) groups is 2. The minimum atomic E-state index is -1.58. The Morgan fingerprint density at radius 3 is 2.21 bits per heavy atom. The zero-order valence-electron chi connectivity index (χ0n) is 23.3. The van der Waals surface area contributed by atoms with Crippen molar-refractivity contribution in [2.24, 2.45) is 7.05 Å². The maximum absolute atomic E-state index is 13.6. The first-order valence-corrected chi connectivity index (χ1v) is 14.1. The van der Waals surface area contributed by atoms with Crippen molar-refractivity contribution in [1.82, 2.24) is 9.29 Å². The van der Waals surface area contributed by atoms with Gasteiger partial charge in [0.15, 0.2) is 5.78 Å². The zero-order chi connectivity index (χ0) is 29.1. The number of benzene rings is 2. The molecule has 0 aliphatic carbocycles. The summed E-state index contributed by atoms with van der Waals surface area (Å²) in [5.41, 5.74) is 1.40. The molecule has 0 aliphatic rings. The molecular formula is C30H35ClN2O5S. The lowest BCUT2D eigenvalue weighted by atomic mass is 9.89. The van der Waals surface area contributed by atoms with Gasteiger partial charge in [-0.15, -0.1) is 0 Å². The van der Waals surface area contributed by atoms with Crippen LogP contribution in [0.4, 0.5) is 0 Å². The van der Waals surface area contributed by atoms with Gasteiger partial charge in [0.05, 0.1) is 28.2 Å². The number of hydrogen-bond donors (Lipinski definition) is 1. The third-order valence-electron chi connectivity index (χ3n) is 5.80. The molecule has 0 aliphatic heterocycles. The molecule has 2 atom stereocenters. The van der Waals surface area contributed by atoms with Crippen LogP contribution in [0.1, 0.15) is 75.5 Å². The Labute approximate surface area is 237 Å². The highest BCUT2D eigenvalue weighted by atomic mass is 35.5. The predicted molar refractivity (Wildman–Crippen MR) is 156 cm³/mol. The molecule has 1 aromatic heterocycles. The number of aromatic nitrogens is 1. The second kappa shape index (κ2) is 12.0. The molecule has 3 rings (SSSR count). The summed E-state index contributed by atoms with van der Waals surface area (Å²) in [6.45, 7) is 10.7. The fourth-order valence-electron chi connectivity index (χ4n) is 3.90. The minimum absolute atomic E-state index is 0.174. The third kappa shape index (κ3) is 7.97. The number of nitrogens with zero attached hydrogens (tertiary/aromatic N) is 1. The molecule has 1 N–H and O–H groups in total. The predicted octanol–water partition coefficient (Wildman–Crippen LogP) is 5.76. The van der Waals surface area contributed by atoms with E-state index in [2.05, 4.69) is 4.72 Å². The van der Waals surface area contributed by atoms with Crippen LogP contribution in [0.25, 0.3) is 11.1 Å². The number of hydrogen-bond acceptors (Lipinski definition) is 5. The number of nitrogens with one attached hydrogen (secondary N) is 1. The summed E-state index contributed by atoms with van der Waals surface area (Å²) in [6, 6.07) is 14.3. The molecule has 3 aromatic rings. The average Bonchev–Trinajstić information content (AvgIpc) is 2.83. The normalized spacial score (nSPS) is 13.5. The van der Waals surface area contributed by atoms with E-state index in [1.807, 2.05) is 20.8 Å². The smallest absolute Gasteiger partial charge is 0.308 e. The fraction of sp³-hybridized carbons (Fsp3) is 0.367. The van der Waals surface area contributed by atoms with Gasteiger partial charge >= 0.3 is 5.97 Å². The molecule has 0 amide bonds. The van der Waals surface area contributed by atoms with Crippen LogP contribution in [0.2, 0.25) is 5.02 Å². The van der Waals surface area contributed by atoms with E-state index in [9.17, 15) is 18.6 Å². The van der Waals surface area contributed by atoms with Gasteiger partial charge in [-0.3, -0.25) is 14.4 Å². The monoisotopic (exact) mass is 570 g/mol. The molecule has 9 heteroatoms. The molecule has 7 nitrogen and oxygen atoms in total. The first kappa shape index (κ1) is 30.5. The first-order valence-electron chi connectivity index (χ1n) is 12.6. The molecule has 0 radical (unpaired) electrons. The Hall–Kier alpha value is -3.07. The lowest BCUT2D eigenvalue weighted by molar-refractivity contribution is -0.155. The van der Waals surface area contributed by atoms with Crippen LogP contribution in [0, 0.1) is 0 Å². The van der Waals surface area contributed by atoms with E-state index in [-0.39, 0.29) is 17.8 Å². The van der Waals surface area contributed by atoms with Gasteiger partial charge in [0, 0.05) is 41.0 Å². The summed E-state index contributed by atoms with van der Waals surface area (Å²) in [5.74, 6) is -0.736. The number of carbonyl (C=O) groups excluding carboxylic acids is 2. The highest BCUT2D eigenvalue weighted by Gasteiger charge is 2.30. The Morgan fingerprint density at radius 2 is 1.62 bits per heavy atom. The molecule has 2 aromatic carbocycles. The number of halogens is 1. The van der Waals surface area contributed by atoms with Gasteiger partial charge in [0.2, 0.25) is 0 Å². The molecule has 39 heavy (non-hydrogen) atoms. The molecule has 1 unspecified atom stereocenters. The Balaban J connectivity index is 2.20. The molecule has 1 heterocycles. The quantitative estimate of drug-likeness (QED) is 0.274. The number of rotatable bonds is 8. The van der Waals surface area contributed by atoms with Crippen LogP contribution >= 0.6 is 11.6 Å². The Morgan fingerprint density at radius 1 is 1.00 bits per heavy atom. The second-order valence-electron chi connectivity index (χ2n) is 11.3. The van der Waals surface area contributed by atoms with Gasteiger partial charge < -0.3 is 9.30 Å². The van der Waals surface area contributed by atoms with E-state index < -0.39 is 33.3 Å². The summed E-state index contributed by atoms with van der Waals surface area (Å²) >= 11 is 6.02. The molecule has 208 valence electrons. The number of ketones is 1. The Bertz CT molecular complexity index is 1450. The minimum Gasteiger partial charge on any atom is -0.460 e. The summed E-state index contributed by atoms with van der Waals surface area (Å²) < 4.78 is 22.6. The van der Waals surface area contributed by atoms with Crippen molar-refractivity contribution < 1.29 is 18.5 Å². The number of aryl methyl sites for hydroxylation is 1. The number of pyridine rings is 1. The maximum atomic E-state index is 13.6. The van der Waals surface area contributed by atoms with E-state index in [1.54, 1.807) is 82.5 Å². The highest BCUT2D eigenvalue weighted by Crippen LogP contribution is 2.34. The standard InChI is InChI=1S/C30H35ClN2O5S/c1-29(2,3)38-27(35)17-25(32-39(37)30(4,5)6)23-16-26(34)33(7)18-24(23)21-10-8-9-11-22(21)28(36)19-12-14-20(31)15-13-19/h8-16,18,25,32H,17H2,1-7H3/t25-,39?/m0/s1. The van der Waals surface area contributed by atoms with Crippen molar-refractivity contribution in [3.63, 3.8) is 0 Å². The summed E-state index contributed by atoms with van der Waals surface area (Å²) in [7, 11) is 0.0377. The van der Waals surface area contributed by atoms with Gasteiger partial charge in [0.1, 0.15) is 5.60 Å². The van der Waals surface area contributed by atoms with Crippen LogP contribution < -0.4 is 10.3 Å². The largest absolute Gasteiger partial charge is 0.460 e. The number of esters is 1. The van der Waals surface area contributed by atoms with Gasteiger partial charge in [-0.1, -0.05) is 35.9 Å². The van der Waals surface area contributed by atoms with Crippen LogP contribution in [-0.4, -0.2) is 30.9 Å². The van der Waals surface area contributed by atoms with Gasteiger partial charge in [-0.05, 0) is 76.9 Å². The maximum Gasteiger partial charge on any atom is 0.308 e. The highest BCUT2D eigenvalue weighted by molar-refractivity contribution is 7.84. The van der Waals surface area contributed by atoms with Crippen molar-refractivity contribution in [2.45, 2.75) is 64.4 Å². The van der Waals surface area contributed by atoms with Crippen molar-refractivity contribution in [3.05, 3.63) is 92.9 Å². The van der Waals surface area contributed by atoms with Crippen LogP contribution in [0.5, 0.6) is 0 Å². The van der Waals surface area contributed by atoms with Crippen molar-refractivity contribution >= 4 is 34.3 Å². The van der Waals surface area contributed by atoms with Crippen molar-refractivity contribution in [1.29, 1.82) is 0 Å². The molecule has 0 bridgehead atoms. The first-order chi connectivity index (χ1) is 18.1. The van der Waals surface area contributed by atoms with Crippen molar-refractivity contribution in [2.75, 3.05) is 0 Å². The van der Waals surface area contributed by atoms with E-state index in [1.165, 1.54) is 10.6 Å². The van der Waals surface area contributed by atoms with Gasteiger partial charge in [-0.2, -0.15) is 0 Å². The molecule has 0 fully saturated rings. The van der Waals surface area contributed by atoms with Crippen LogP contribution in [0.3, 0.4) is 0 Å². The topological polar surface area (TPSA) is 94.5 Å². The van der Waals surface area contributed by atoms with Crippen LogP contribution in [-0.2, 0) is 27.6 Å². The lowest BCUT2D eigenvalue weighted by Gasteiger charge is -2.27. The second-order valence-corrected chi connectivity index (χ2v) is 13.7. The fourth-order valence-corrected chi connectivity index (χ4v) is 4.85. The summed E-state index contributed by atoms with van der Waals surface area (Å²) in [5, 5.41) is 0.517. The average molecular weight is 571 g/mol. The summed E-state index contributed by atoms with van der Waals surface area (Å²) in [6.07, 6.45) is 1.46. The lowest BCUT2D eigenvalue weighted by Crippen LogP contribution is -2.38. The van der Waals surface area contributed by atoms with E-state index in [0.717, 1.165) is 0 Å². The Kier molecular flexibility index (Phi) is 9.36. The molecule has 0 saturated carbocycles. The third-order valence-corrected chi connectivity index (χ3v) is 7.66. The van der Waals surface area contributed by atoms with Gasteiger partial charge in [0.25, 0.3) is 5.56 Å². The van der Waals surface area contributed by atoms with E-state index >= 15 is 0 Å². The molecule has 0 saturated heterocycles. The summed E-state index contributed by atoms with van der Waals surface area (Å²) in [4.78, 5) is 39.4. The zero-order valence-corrected chi connectivity index (χ0v) is 24.9. The number of ether oxygens (including phenoxy) is 1. The SMILES string of the molecule is Cn1cc(-c2ccccc2C(=O)c2ccc(Cl)cc2)c([C@H](CC(=O)OC(C)(C)C)NS(=O)C(C)(C)C)cc1=O. The van der Waals surface area contributed by atoms with E-state index in [4.69, 9.17) is 16.3 Å². The van der Waals surface area contributed by atoms with Crippen molar-refractivity contribution in [3.8, 4) is 11.1 Å². The van der Waals surface area contributed by atoms with E-state index in [0.29, 0.717) is 32.8 Å². The molecular weight excluding hydrogens is 536 g/mol. The molecule has 0 spiro atoms. The van der Waals surface area contributed by atoms with Crippen LogP contribution in [0.15, 0.2) is 65.6 Å².